The number of aryl methyl sites for hydroxylation is 1. The van der Waals surface area contributed by atoms with Crippen LogP contribution in [0, 0.1) is 6.92 Å². The molecular weight excluding hydrogens is 420 g/mol. The second-order valence-corrected chi connectivity index (χ2v) is 9.15. The topological polar surface area (TPSA) is 0 Å². The Kier molecular flexibility index (Phi) is 4.71. The van der Waals surface area contributed by atoms with Gasteiger partial charge in [-0.3, -0.25) is 0 Å². The van der Waals surface area contributed by atoms with E-state index in [0.717, 1.165) is 5.02 Å². The summed E-state index contributed by atoms with van der Waals surface area (Å²) in [5.74, 6) is 0. The Morgan fingerprint density at radius 1 is 0.576 bits per heavy atom. The van der Waals surface area contributed by atoms with E-state index < -0.39 is 5.41 Å². The first-order valence-electron chi connectivity index (χ1n) is 11.3. The highest BCUT2D eigenvalue weighted by molar-refractivity contribution is 6.30. The minimum atomic E-state index is -0.438. The normalized spacial score (nSPS) is 13.4. The van der Waals surface area contributed by atoms with Crippen LogP contribution >= 0.6 is 11.6 Å². The third-order valence-corrected chi connectivity index (χ3v) is 7.18. The summed E-state index contributed by atoms with van der Waals surface area (Å²) >= 11 is 6.67. The Labute approximate surface area is 200 Å². The van der Waals surface area contributed by atoms with Gasteiger partial charge in [0.15, 0.2) is 0 Å². The number of halogens is 1. The van der Waals surface area contributed by atoms with Gasteiger partial charge in [-0.2, -0.15) is 0 Å². The van der Waals surface area contributed by atoms with E-state index in [0.29, 0.717) is 0 Å². The minimum absolute atomic E-state index is 0.438. The lowest BCUT2D eigenvalue weighted by Gasteiger charge is -2.35. The van der Waals surface area contributed by atoms with E-state index in [-0.39, 0.29) is 0 Å². The van der Waals surface area contributed by atoms with Gasteiger partial charge in [-0.1, -0.05) is 121 Å². The largest absolute Gasteiger partial charge is 0.0843 e. The van der Waals surface area contributed by atoms with Gasteiger partial charge in [-0.05, 0) is 69.1 Å². The summed E-state index contributed by atoms with van der Waals surface area (Å²) in [6.07, 6.45) is 0. The molecule has 5 aromatic carbocycles. The van der Waals surface area contributed by atoms with Crippen molar-refractivity contribution < 1.29 is 0 Å². The molecule has 0 aromatic heterocycles. The molecule has 6 rings (SSSR count). The SMILES string of the molecule is Cc1ccc(-c2ccccc2)c2c1C(c1ccccc1)(c1ccccc1)c1cc(Cl)ccc1-2. The predicted octanol–water partition coefficient (Wildman–Crippen LogP) is 8.68. The molecule has 0 saturated heterocycles. The van der Waals surface area contributed by atoms with Gasteiger partial charge in [0.2, 0.25) is 0 Å². The Morgan fingerprint density at radius 2 is 1.12 bits per heavy atom. The molecule has 0 fully saturated rings. The van der Waals surface area contributed by atoms with Crippen LogP contribution in [-0.2, 0) is 5.41 Å². The van der Waals surface area contributed by atoms with Crippen molar-refractivity contribution >= 4 is 11.6 Å². The van der Waals surface area contributed by atoms with Gasteiger partial charge < -0.3 is 0 Å². The van der Waals surface area contributed by atoms with Crippen LogP contribution in [0.25, 0.3) is 22.3 Å². The van der Waals surface area contributed by atoms with Crippen molar-refractivity contribution in [3.05, 3.63) is 154 Å². The monoisotopic (exact) mass is 442 g/mol. The highest BCUT2D eigenvalue weighted by Crippen LogP contribution is 2.59. The molecule has 0 atom stereocenters. The fraction of sp³-hybridized carbons (Fsp3) is 0.0625. The maximum atomic E-state index is 6.67. The first-order valence-corrected chi connectivity index (χ1v) is 11.7. The summed E-state index contributed by atoms with van der Waals surface area (Å²) in [6, 6.07) is 43.4. The Balaban J connectivity index is 1.84. The quantitative estimate of drug-likeness (QED) is 0.257. The summed E-state index contributed by atoms with van der Waals surface area (Å²) in [5, 5.41) is 0.761. The van der Waals surface area contributed by atoms with E-state index in [1.807, 2.05) is 6.07 Å². The number of hydrogen-bond acceptors (Lipinski definition) is 0. The van der Waals surface area contributed by atoms with Gasteiger partial charge in [0.25, 0.3) is 0 Å². The fourth-order valence-corrected chi connectivity index (χ4v) is 5.82. The second-order valence-electron chi connectivity index (χ2n) is 8.72. The lowest BCUT2D eigenvalue weighted by molar-refractivity contribution is 0.762. The lowest BCUT2D eigenvalue weighted by atomic mass is 9.66. The van der Waals surface area contributed by atoms with E-state index in [9.17, 15) is 0 Å². The van der Waals surface area contributed by atoms with Gasteiger partial charge in [0.05, 0.1) is 5.41 Å². The van der Waals surface area contributed by atoms with Crippen molar-refractivity contribution in [2.45, 2.75) is 12.3 Å². The zero-order chi connectivity index (χ0) is 22.4. The van der Waals surface area contributed by atoms with Crippen molar-refractivity contribution in [2.24, 2.45) is 0 Å². The van der Waals surface area contributed by atoms with E-state index in [1.165, 1.54) is 50.1 Å². The molecule has 0 saturated carbocycles. The fourth-order valence-electron chi connectivity index (χ4n) is 5.65. The molecule has 0 unspecified atom stereocenters. The first-order chi connectivity index (χ1) is 16.2. The molecule has 158 valence electrons. The average molecular weight is 443 g/mol. The summed E-state index contributed by atoms with van der Waals surface area (Å²) in [4.78, 5) is 0. The minimum Gasteiger partial charge on any atom is -0.0843 e. The first kappa shape index (κ1) is 20.0. The molecule has 0 N–H and O–H groups in total. The van der Waals surface area contributed by atoms with Crippen LogP contribution in [-0.4, -0.2) is 0 Å². The lowest BCUT2D eigenvalue weighted by Crippen LogP contribution is -2.29. The van der Waals surface area contributed by atoms with E-state index in [2.05, 4.69) is 122 Å². The molecule has 0 aliphatic heterocycles. The third kappa shape index (κ3) is 2.91. The second kappa shape index (κ2) is 7.76. The zero-order valence-corrected chi connectivity index (χ0v) is 19.2. The molecule has 1 aliphatic carbocycles. The molecule has 0 radical (unpaired) electrons. The van der Waals surface area contributed by atoms with Crippen molar-refractivity contribution in [3.8, 4) is 22.3 Å². The molecule has 0 amide bonds. The van der Waals surface area contributed by atoms with Gasteiger partial charge in [0.1, 0.15) is 0 Å². The number of hydrogen-bond donors (Lipinski definition) is 0. The van der Waals surface area contributed by atoms with E-state index >= 15 is 0 Å². The molecule has 1 aliphatic rings. The van der Waals surface area contributed by atoms with Gasteiger partial charge in [0, 0.05) is 5.02 Å². The van der Waals surface area contributed by atoms with Crippen molar-refractivity contribution in [1.29, 1.82) is 0 Å². The van der Waals surface area contributed by atoms with Crippen LogP contribution in [0.15, 0.2) is 121 Å². The Morgan fingerprint density at radius 3 is 1.73 bits per heavy atom. The molecule has 0 heterocycles. The summed E-state index contributed by atoms with van der Waals surface area (Å²) < 4.78 is 0. The molecule has 33 heavy (non-hydrogen) atoms. The highest BCUT2D eigenvalue weighted by Gasteiger charge is 2.47. The van der Waals surface area contributed by atoms with Crippen LogP contribution in [0.5, 0.6) is 0 Å². The molecule has 0 spiro atoms. The van der Waals surface area contributed by atoms with Crippen molar-refractivity contribution in [2.75, 3.05) is 0 Å². The van der Waals surface area contributed by atoms with Crippen LogP contribution in [0.2, 0.25) is 5.02 Å². The van der Waals surface area contributed by atoms with Gasteiger partial charge in [-0.25, -0.2) is 0 Å². The van der Waals surface area contributed by atoms with Gasteiger partial charge in [-0.15, -0.1) is 0 Å². The van der Waals surface area contributed by atoms with Crippen LogP contribution in [0.3, 0.4) is 0 Å². The summed E-state index contributed by atoms with van der Waals surface area (Å²) in [7, 11) is 0. The Bertz CT molecular complexity index is 1410. The number of benzene rings is 5. The Hall–Kier alpha value is -3.61. The molecule has 0 bridgehead atoms. The van der Waals surface area contributed by atoms with E-state index in [4.69, 9.17) is 11.6 Å². The predicted molar refractivity (Wildman–Crippen MR) is 139 cm³/mol. The number of fused-ring (bicyclic) bond motifs is 3. The van der Waals surface area contributed by atoms with Crippen molar-refractivity contribution in [3.63, 3.8) is 0 Å². The summed E-state index contributed by atoms with van der Waals surface area (Å²) in [5.41, 5.74) is 11.0. The molecule has 1 heteroatoms. The maximum Gasteiger partial charge on any atom is 0.0716 e. The molecule has 5 aromatic rings. The standard InChI is InChI=1S/C32H23Cl/c1-22-17-19-27(23-11-5-2-6-12-23)30-28-20-18-26(33)21-29(28)32(31(22)30,24-13-7-3-8-14-24)25-15-9-4-10-16-25/h2-21H,1H3. The van der Waals surface area contributed by atoms with Crippen molar-refractivity contribution in [1.82, 2.24) is 0 Å². The van der Waals surface area contributed by atoms with Crippen LogP contribution in [0.4, 0.5) is 0 Å². The zero-order valence-electron chi connectivity index (χ0n) is 18.4. The van der Waals surface area contributed by atoms with Gasteiger partial charge >= 0.3 is 0 Å². The van der Waals surface area contributed by atoms with Crippen LogP contribution in [0.1, 0.15) is 27.8 Å². The van der Waals surface area contributed by atoms with Crippen LogP contribution < -0.4 is 0 Å². The third-order valence-electron chi connectivity index (χ3n) is 6.94. The average Bonchev–Trinajstić information content (AvgIpc) is 3.18. The molecule has 0 nitrogen and oxygen atoms in total. The smallest absolute Gasteiger partial charge is 0.0716 e. The highest BCUT2D eigenvalue weighted by atomic mass is 35.5. The number of rotatable bonds is 3. The van der Waals surface area contributed by atoms with E-state index in [1.54, 1.807) is 0 Å². The summed E-state index contributed by atoms with van der Waals surface area (Å²) in [6.45, 7) is 2.24. The molecular formula is C32H23Cl. The maximum absolute atomic E-state index is 6.67.